The van der Waals surface area contributed by atoms with Gasteiger partial charge in [0, 0.05) is 5.39 Å². The zero-order valence-electron chi connectivity index (χ0n) is 12.0. The molecule has 0 amide bonds. The molecule has 0 saturated heterocycles. The van der Waals surface area contributed by atoms with Crippen molar-refractivity contribution >= 4 is 48.8 Å². The van der Waals surface area contributed by atoms with Gasteiger partial charge in [0.1, 0.15) is 4.90 Å². The van der Waals surface area contributed by atoms with Gasteiger partial charge in [0.05, 0.1) is 0 Å². The van der Waals surface area contributed by atoms with E-state index in [4.69, 9.17) is 4.55 Å². The van der Waals surface area contributed by atoms with Gasteiger partial charge in [-0.2, -0.15) is 8.42 Å². The Morgan fingerprint density at radius 2 is 1.70 bits per heavy atom. The SMILES string of the molecule is CCCC[CH2][Na].O=S(=O)(O)c1cccc2ccccc12. The van der Waals surface area contributed by atoms with Crippen LogP contribution < -0.4 is 0 Å². The van der Waals surface area contributed by atoms with Crippen LogP contribution in [0.15, 0.2) is 47.4 Å². The van der Waals surface area contributed by atoms with Crippen LogP contribution in [0.4, 0.5) is 0 Å². The van der Waals surface area contributed by atoms with E-state index in [1.165, 1.54) is 56.9 Å². The molecule has 2 aromatic rings. The van der Waals surface area contributed by atoms with E-state index < -0.39 is 10.1 Å². The summed E-state index contributed by atoms with van der Waals surface area (Å²) in [7, 11) is -4.13. The molecular weight excluding hydrogens is 283 g/mol. The van der Waals surface area contributed by atoms with E-state index in [1.807, 2.05) is 6.07 Å². The van der Waals surface area contributed by atoms with Crippen molar-refractivity contribution in [3.63, 3.8) is 0 Å². The maximum absolute atomic E-state index is 11.0. The fourth-order valence-electron chi connectivity index (χ4n) is 1.92. The van der Waals surface area contributed by atoms with Crippen molar-refractivity contribution in [3.05, 3.63) is 42.5 Å². The van der Waals surface area contributed by atoms with Gasteiger partial charge in [-0.25, -0.2) is 0 Å². The molecule has 0 aliphatic carbocycles. The largest absolute Gasteiger partial charge is 0.295 e. The molecule has 0 saturated carbocycles. The summed E-state index contributed by atoms with van der Waals surface area (Å²) >= 11 is 1.40. The van der Waals surface area contributed by atoms with Gasteiger partial charge in [-0.3, -0.25) is 4.55 Å². The van der Waals surface area contributed by atoms with Crippen molar-refractivity contribution in [1.82, 2.24) is 0 Å². The first-order valence-corrected chi connectivity index (χ1v) is 9.81. The van der Waals surface area contributed by atoms with Crippen LogP contribution in [-0.2, 0) is 10.1 Å². The second-order valence-electron chi connectivity index (χ2n) is 4.66. The maximum Gasteiger partial charge on any atom is 0.295 e. The van der Waals surface area contributed by atoms with E-state index in [0.717, 1.165) is 5.39 Å². The molecule has 0 spiro atoms. The molecule has 20 heavy (non-hydrogen) atoms. The second kappa shape index (κ2) is 8.80. The molecule has 0 heterocycles. The van der Waals surface area contributed by atoms with Gasteiger partial charge in [-0.15, -0.1) is 0 Å². The van der Waals surface area contributed by atoms with E-state index >= 15 is 0 Å². The number of benzene rings is 2. The van der Waals surface area contributed by atoms with Gasteiger partial charge >= 0.3 is 57.8 Å². The van der Waals surface area contributed by atoms with Crippen molar-refractivity contribution < 1.29 is 13.0 Å². The number of unbranched alkanes of at least 4 members (excludes halogenated alkanes) is 2. The quantitative estimate of drug-likeness (QED) is 0.530. The van der Waals surface area contributed by atoms with Crippen LogP contribution in [0.25, 0.3) is 10.8 Å². The number of hydrogen-bond acceptors (Lipinski definition) is 2. The zero-order valence-corrected chi connectivity index (χ0v) is 14.9. The summed E-state index contributed by atoms with van der Waals surface area (Å²) in [5.41, 5.74) is 0. The first kappa shape index (κ1) is 17.7. The predicted octanol–water partition coefficient (Wildman–Crippen LogP) is 3.85. The second-order valence-corrected chi connectivity index (χ2v) is 7.05. The summed E-state index contributed by atoms with van der Waals surface area (Å²) in [6.45, 7) is 2.25. The minimum absolute atomic E-state index is 0.0457. The minimum atomic E-state index is -4.13. The van der Waals surface area contributed by atoms with Crippen LogP contribution in [0.2, 0.25) is 3.67 Å². The van der Waals surface area contributed by atoms with E-state index in [0.29, 0.717) is 5.39 Å². The summed E-state index contributed by atoms with van der Waals surface area (Å²) in [6.07, 6.45) is 4.30. The fourth-order valence-corrected chi connectivity index (χ4v) is 3.13. The summed E-state index contributed by atoms with van der Waals surface area (Å²) in [4.78, 5) is -0.0457. The maximum atomic E-state index is 11.0. The third-order valence-corrected chi connectivity index (χ3v) is 4.60. The Morgan fingerprint density at radius 1 is 1.05 bits per heavy atom. The van der Waals surface area contributed by atoms with E-state index in [1.54, 1.807) is 30.3 Å². The Kier molecular flexibility index (Phi) is 7.77. The van der Waals surface area contributed by atoms with Crippen molar-refractivity contribution in [2.45, 2.75) is 34.8 Å². The van der Waals surface area contributed by atoms with Gasteiger partial charge in [0.15, 0.2) is 0 Å². The van der Waals surface area contributed by atoms with Crippen molar-refractivity contribution in [2.24, 2.45) is 0 Å². The molecule has 5 heteroatoms. The molecule has 0 bridgehead atoms. The van der Waals surface area contributed by atoms with Crippen LogP contribution in [0.1, 0.15) is 26.2 Å². The number of rotatable bonds is 4. The Bertz CT molecular complexity index is 629. The molecule has 2 rings (SSSR count). The van der Waals surface area contributed by atoms with Crippen molar-refractivity contribution in [3.8, 4) is 0 Å². The molecular formula is C15H19NaO3S. The summed E-state index contributed by atoms with van der Waals surface area (Å²) in [6, 6.07) is 11.8. The zero-order chi connectivity index (χ0) is 15.0. The molecule has 0 aliphatic rings. The summed E-state index contributed by atoms with van der Waals surface area (Å²) in [5, 5.41) is 1.33. The third-order valence-electron chi connectivity index (χ3n) is 2.98. The van der Waals surface area contributed by atoms with Gasteiger partial charge in [0.2, 0.25) is 0 Å². The van der Waals surface area contributed by atoms with Crippen LogP contribution >= 0.6 is 0 Å². The molecule has 0 fully saturated rings. The topological polar surface area (TPSA) is 54.4 Å². The molecule has 3 nitrogen and oxygen atoms in total. The van der Waals surface area contributed by atoms with Gasteiger partial charge < -0.3 is 0 Å². The van der Waals surface area contributed by atoms with Crippen LogP contribution in [-0.4, -0.2) is 40.9 Å². The third kappa shape index (κ3) is 5.54. The molecule has 2 aromatic carbocycles. The number of fused-ring (bicyclic) bond motifs is 1. The van der Waals surface area contributed by atoms with Crippen LogP contribution in [0.5, 0.6) is 0 Å². The van der Waals surface area contributed by atoms with Crippen LogP contribution in [0.3, 0.4) is 0 Å². The summed E-state index contributed by atoms with van der Waals surface area (Å²) in [5.74, 6) is 0. The Morgan fingerprint density at radius 3 is 2.25 bits per heavy atom. The molecule has 0 radical (unpaired) electrons. The van der Waals surface area contributed by atoms with Gasteiger partial charge in [-0.05, 0) is 11.5 Å². The van der Waals surface area contributed by atoms with E-state index in [9.17, 15) is 8.42 Å². The van der Waals surface area contributed by atoms with E-state index in [2.05, 4.69) is 6.92 Å². The molecule has 1 N–H and O–H groups in total. The normalized spacial score (nSPS) is 11.0. The Balaban J connectivity index is 0.000000286. The van der Waals surface area contributed by atoms with Gasteiger partial charge in [-0.1, -0.05) is 36.4 Å². The molecule has 0 aliphatic heterocycles. The Hall–Kier alpha value is -0.390. The molecule has 0 unspecified atom stereocenters. The molecule has 104 valence electrons. The standard InChI is InChI=1S/C10H8O3S.C5H11.Na/c11-14(12,13)10-7-3-5-8-4-1-2-6-9(8)10;1-3-5-4-2;/h1-7H,(H,11,12,13);1,3-5H2,2H3;. The van der Waals surface area contributed by atoms with Crippen molar-refractivity contribution in [1.29, 1.82) is 0 Å². The first-order chi connectivity index (χ1) is 9.50. The fraction of sp³-hybridized carbons (Fsp3) is 0.333. The number of hydrogen-bond donors (Lipinski definition) is 1. The minimum Gasteiger partial charge on any atom is -0.282 e. The summed E-state index contributed by atoms with van der Waals surface area (Å²) < 4.78 is 32.5. The average molecular weight is 302 g/mol. The van der Waals surface area contributed by atoms with Gasteiger partial charge in [0.25, 0.3) is 10.1 Å². The van der Waals surface area contributed by atoms with E-state index in [-0.39, 0.29) is 4.90 Å². The van der Waals surface area contributed by atoms with Crippen LogP contribution in [0, 0.1) is 0 Å². The van der Waals surface area contributed by atoms with Crippen molar-refractivity contribution in [2.75, 3.05) is 0 Å². The predicted molar refractivity (Wildman–Crippen MR) is 83.8 cm³/mol. The monoisotopic (exact) mass is 302 g/mol. The smallest absolute Gasteiger partial charge is 0.282 e. The molecule has 0 aromatic heterocycles. The molecule has 0 atom stereocenters. The average Bonchev–Trinajstić information content (AvgIpc) is 2.44. The Labute approximate surface area is 138 Å². The first-order valence-electron chi connectivity index (χ1n) is 6.96.